The number of nitrogens with zero attached hydrogens (tertiary/aromatic N) is 1. The van der Waals surface area contributed by atoms with Gasteiger partial charge in [0.1, 0.15) is 6.54 Å². The Labute approximate surface area is 140 Å². The minimum Gasteiger partial charge on any atom is -0.352 e. The molecule has 0 unspecified atom stereocenters. The van der Waals surface area contributed by atoms with Crippen molar-refractivity contribution < 1.29 is 9.59 Å². The van der Waals surface area contributed by atoms with Crippen molar-refractivity contribution >= 4 is 33.4 Å². The highest BCUT2D eigenvalue weighted by atomic mass is 79.9. The third-order valence-electron chi connectivity index (χ3n) is 4.12. The van der Waals surface area contributed by atoms with Crippen molar-refractivity contribution in [3.8, 4) is 0 Å². The van der Waals surface area contributed by atoms with E-state index < -0.39 is 0 Å². The Hall–Kier alpha value is -1.36. The Kier molecular flexibility index (Phi) is 6.00. The first kappa shape index (κ1) is 17.0. The summed E-state index contributed by atoms with van der Waals surface area (Å²) in [6.07, 6.45) is 5.69. The van der Waals surface area contributed by atoms with E-state index in [1.54, 1.807) is 0 Å². The smallest absolute Gasteiger partial charge is 0.240 e. The van der Waals surface area contributed by atoms with Crippen LogP contribution in [0, 0.1) is 6.92 Å². The lowest BCUT2D eigenvalue weighted by Crippen LogP contribution is -2.44. The predicted molar refractivity (Wildman–Crippen MR) is 91.9 cm³/mol. The first-order valence-corrected chi connectivity index (χ1v) is 8.60. The molecule has 1 aliphatic rings. The van der Waals surface area contributed by atoms with Gasteiger partial charge in [0, 0.05) is 23.1 Å². The molecule has 0 aliphatic heterocycles. The molecule has 1 aromatic carbocycles. The van der Waals surface area contributed by atoms with Crippen LogP contribution in [0.5, 0.6) is 0 Å². The normalized spacial score (nSPS) is 15.4. The average molecular weight is 367 g/mol. The fourth-order valence-corrected chi connectivity index (χ4v) is 3.16. The number of carbonyl (C=O) groups is 2. The molecular formula is C17H23BrN2O2. The summed E-state index contributed by atoms with van der Waals surface area (Å²) in [7, 11) is 0. The van der Waals surface area contributed by atoms with Crippen molar-refractivity contribution in [3.63, 3.8) is 0 Å². The first-order valence-electron chi connectivity index (χ1n) is 7.81. The van der Waals surface area contributed by atoms with Crippen molar-refractivity contribution in [1.82, 2.24) is 5.32 Å². The fraction of sp³-hybridized carbons (Fsp3) is 0.529. The number of amides is 2. The van der Waals surface area contributed by atoms with E-state index in [9.17, 15) is 9.59 Å². The Balaban J connectivity index is 2.03. The van der Waals surface area contributed by atoms with Crippen molar-refractivity contribution in [2.45, 2.75) is 52.0 Å². The fourth-order valence-electron chi connectivity index (χ4n) is 2.80. The van der Waals surface area contributed by atoms with Crippen LogP contribution in [0.2, 0.25) is 0 Å². The zero-order valence-corrected chi connectivity index (χ0v) is 14.8. The van der Waals surface area contributed by atoms with Gasteiger partial charge in [-0.15, -0.1) is 0 Å². The number of rotatable bonds is 4. The molecule has 22 heavy (non-hydrogen) atoms. The summed E-state index contributed by atoms with van der Waals surface area (Å²) in [5.74, 6) is -0.214. The molecular weight excluding hydrogens is 344 g/mol. The maximum absolute atomic E-state index is 12.2. The van der Waals surface area contributed by atoms with Gasteiger partial charge < -0.3 is 10.2 Å². The van der Waals surface area contributed by atoms with Crippen LogP contribution in [0.4, 0.5) is 5.69 Å². The molecule has 2 rings (SSSR count). The van der Waals surface area contributed by atoms with E-state index in [1.165, 1.54) is 31.1 Å². The summed E-state index contributed by atoms with van der Waals surface area (Å²) in [6.45, 7) is 3.55. The van der Waals surface area contributed by atoms with Gasteiger partial charge in [-0.05, 0) is 37.5 Å². The van der Waals surface area contributed by atoms with Crippen LogP contribution in [0.25, 0.3) is 0 Å². The molecule has 0 atom stereocenters. The van der Waals surface area contributed by atoms with Gasteiger partial charge in [0.2, 0.25) is 11.8 Å². The number of hydrogen-bond acceptors (Lipinski definition) is 2. The monoisotopic (exact) mass is 366 g/mol. The minimum atomic E-state index is -0.130. The largest absolute Gasteiger partial charge is 0.352 e. The number of hydrogen-bond donors (Lipinski definition) is 1. The van der Waals surface area contributed by atoms with Gasteiger partial charge in [-0.1, -0.05) is 41.3 Å². The molecule has 0 bridgehead atoms. The van der Waals surface area contributed by atoms with Crippen molar-refractivity contribution in [3.05, 3.63) is 28.2 Å². The molecule has 1 N–H and O–H groups in total. The van der Waals surface area contributed by atoms with Gasteiger partial charge in [-0.3, -0.25) is 9.59 Å². The van der Waals surface area contributed by atoms with Crippen molar-refractivity contribution in [2.75, 3.05) is 11.4 Å². The summed E-state index contributed by atoms with van der Waals surface area (Å²) in [5.41, 5.74) is 1.84. The molecule has 2 amide bonds. The standard InChI is InChI=1S/C17H23BrN2O2/c1-12-8-9-15(10-16(12)18)20(13(2)21)11-17(22)19-14-6-4-3-5-7-14/h8-10,14H,3-7,11H2,1-2H3,(H,19,22). The van der Waals surface area contributed by atoms with E-state index in [-0.39, 0.29) is 24.4 Å². The minimum absolute atomic E-state index is 0.0708. The lowest BCUT2D eigenvalue weighted by Gasteiger charge is -2.26. The molecule has 0 saturated heterocycles. The summed E-state index contributed by atoms with van der Waals surface area (Å²) in [5, 5.41) is 3.06. The lowest BCUT2D eigenvalue weighted by atomic mass is 9.95. The summed E-state index contributed by atoms with van der Waals surface area (Å²) in [6, 6.07) is 5.95. The van der Waals surface area contributed by atoms with E-state index in [0.717, 1.165) is 28.6 Å². The van der Waals surface area contributed by atoms with Crippen LogP contribution in [0.1, 0.15) is 44.6 Å². The third kappa shape index (κ3) is 4.57. The topological polar surface area (TPSA) is 49.4 Å². The van der Waals surface area contributed by atoms with Crippen molar-refractivity contribution in [1.29, 1.82) is 0 Å². The van der Waals surface area contributed by atoms with Gasteiger partial charge in [-0.25, -0.2) is 0 Å². The number of aryl methyl sites for hydroxylation is 1. The van der Waals surface area contributed by atoms with Crippen LogP contribution in [0.15, 0.2) is 22.7 Å². The van der Waals surface area contributed by atoms with Gasteiger partial charge in [0.15, 0.2) is 0 Å². The van der Waals surface area contributed by atoms with Crippen LogP contribution in [0.3, 0.4) is 0 Å². The second-order valence-electron chi connectivity index (χ2n) is 5.94. The van der Waals surface area contributed by atoms with E-state index in [2.05, 4.69) is 21.2 Å². The zero-order valence-electron chi connectivity index (χ0n) is 13.2. The zero-order chi connectivity index (χ0) is 16.1. The van der Waals surface area contributed by atoms with Gasteiger partial charge in [0.25, 0.3) is 0 Å². The number of nitrogens with one attached hydrogen (secondary N) is 1. The first-order chi connectivity index (χ1) is 10.5. The highest BCUT2D eigenvalue weighted by Gasteiger charge is 2.20. The Morgan fingerprint density at radius 1 is 1.27 bits per heavy atom. The average Bonchev–Trinajstić information content (AvgIpc) is 2.48. The molecule has 0 radical (unpaired) electrons. The molecule has 0 heterocycles. The van der Waals surface area contributed by atoms with Crippen molar-refractivity contribution in [2.24, 2.45) is 0 Å². The lowest BCUT2D eigenvalue weighted by molar-refractivity contribution is -0.123. The molecule has 1 fully saturated rings. The Bertz CT molecular complexity index is 554. The molecule has 4 nitrogen and oxygen atoms in total. The van der Waals surface area contributed by atoms with E-state index >= 15 is 0 Å². The number of benzene rings is 1. The molecule has 1 saturated carbocycles. The maximum atomic E-state index is 12.2. The van der Waals surface area contributed by atoms with Gasteiger partial charge >= 0.3 is 0 Å². The SMILES string of the molecule is CC(=O)N(CC(=O)NC1CCCCC1)c1ccc(C)c(Br)c1. The van der Waals surface area contributed by atoms with E-state index in [0.29, 0.717) is 0 Å². The van der Waals surface area contributed by atoms with Crippen LogP contribution in [-0.4, -0.2) is 24.4 Å². The van der Waals surface area contributed by atoms with E-state index in [4.69, 9.17) is 0 Å². The second-order valence-corrected chi connectivity index (χ2v) is 6.80. The number of carbonyl (C=O) groups excluding carboxylic acids is 2. The maximum Gasteiger partial charge on any atom is 0.240 e. The van der Waals surface area contributed by atoms with Crippen LogP contribution in [-0.2, 0) is 9.59 Å². The molecule has 0 spiro atoms. The highest BCUT2D eigenvalue weighted by Crippen LogP contribution is 2.24. The number of halogens is 1. The van der Waals surface area contributed by atoms with Gasteiger partial charge in [0.05, 0.1) is 0 Å². The quantitative estimate of drug-likeness (QED) is 0.885. The van der Waals surface area contributed by atoms with E-state index in [1.807, 2.05) is 25.1 Å². The van der Waals surface area contributed by atoms with Crippen LogP contribution < -0.4 is 10.2 Å². The molecule has 1 aromatic rings. The molecule has 0 aromatic heterocycles. The second kappa shape index (κ2) is 7.77. The molecule has 120 valence electrons. The molecule has 1 aliphatic carbocycles. The Morgan fingerprint density at radius 3 is 2.55 bits per heavy atom. The number of anilines is 1. The summed E-state index contributed by atoms with van der Waals surface area (Å²) in [4.78, 5) is 25.6. The highest BCUT2D eigenvalue weighted by molar-refractivity contribution is 9.10. The third-order valence-corrected chi connectivity index (χ3v) is 4.97. The van der Waals surface area contributed by atoms with Gasteiger partial charge in [-0.2, -0.15) is 0 Å². The Morgan fingerprint density at radius 2 is 1.95 bits per heavy atom. The predicted octanol–water partition coefficient (Wildman–Crippen LogP) is 3.56. The summed E-state index contributed by atoms with van der Waals surface area (Å²) >= 11 is 3.47. The summed E-state index contributed by atoms with van der Waals surface area (Å²) < 4.78 is 0.934. The molecule has 5 heteroatoms. The van der Waals surface area contributed by atoms with Crippen LogP contribution >= 0.6 is 15.9 Å².